The van der Waals surface area contributed by atoms with E-state index in [1.807, 2.05) is 11.8 Å². The zero-order chi connectivity index (χ0) is 12.5. The summed E-state index contributed by atoms with van der Waals surface area (Å²) >= 11 is 1.90. The zero-order valence-electron chi connectivity index (χ0n) is 10.7. The number of anilines is 1. The first-order chi connectivity index (χ1) is 8.25. The number of hydrogen-bond donors (Lipinski definition) is 3. The first-order valence-corrected chi connectivity index (χ1v) is 7.25. The normalized spacial score (nSPS) is 10.8. The topological polar surface area (TPSA) is 50.1 Å². The molecule has 0 atom stereocenters. The average Bonchev–Trinajstić information content (AvgIpc) is 2.34. The van der Waals surface area contributed by atoms with Crippen LogP contribution in [-0.4, -0.2) is 18.2 Å². The Kier molecular flexibility index (Phi) is 7.08. The van der Waals surface area contributed by atoms with E-state index in [1.54, 1.807) is 0 Å². The zero-order valence-corrected chi connectivity index (χ0v) is 11.5. The van der Waals surface area contributed by atoms with E-state index < -0.39 is 0 Å². The third kappa shape index (κ3) is 5.44. The Labute approximate surface area is 109 Å². The molecule has 0 radical (unpaired) electrons. The molecule has 96 valence electrons. The van der Waals surface area contributed by atoms with Crippen molar-refractivity contribution in [2.24, 2.45) is 5.84 Å². The summed E-state index contributed by atoms with van der Waals surface area (Å²) in [6, 6.07) is 8.52. The summed E-state index contributed by atoms with van der Waals surface area (Å²) in [6.45, 7) is 5.33. The predicted molar refractivity (Wildman–Crippen MR) is 78.3 cm³/mol. The van der Waals surface area contributed by atoms with E-state index in [0.717, 1.165) is 24.6 Å². The number of nitrogens with one attached hydrogen (secondary N) is 2. The fraction of sp³-hybridized carbons (Fsp3) is 0.538. The molecule has 1 aromatic rings. The van der Waals surface area contributed by atoms with Gasteiger partial charge in [-0.2, -0.15) is 0 Å². The van der Waals surface area contributed by atoms with Gasteiger partial charge in [-0.3, -0.25) is 11.3 Å². The van der Waals surface area contributed by atoms with Crippen LogP contribution in [0.3, 0.4) is 0 Å². The van der Waals surface area contributed by atoms with E-state index in [1.165, 1.54) is 11.3 Å². The highest BCUT2D eigenvalue weighted by Crippen LogP contribution is 2.24. The van der Waals surface area contributed by atoms with Crippen molar-refractivity contribution < 1.29 is 0 Å². The van der Waals surface area contributed by atoms with Crippen LogP contribution < -0.4 is 16.6 Å². The Balaban J connectivity index is 2.31. The van der Waals surface area contributed by atoms with Crippen LogP contribution in [0.5, 0.6) is 0 Å². The number of nitrogens with two attached hydrogens (primary N) is 1. The largest absolute Gasteiger partial charge is 0.376 e. The van der Waals surface area contributed by atoms with Crippen molar-refractivity contribution in [1.29, 1.82) is 0 Å². The third-order valence-corrected chi connectivity index (χ3v) is 3.48. The van der Waals surface area contributed by atoms with Crippen LogP contribution in [-0.2, 0) is 0 Å². The van der Waals surface area contributed by atoms with Crippen LogP contribution in [0, 0.1) is 0 Å². The van der Waals surface area contributed by atoms with Gasteiger partial charge in [-0.05, 0) is 29.7 Å². The molecule has 0 spiro atoms. The monoisotopic (exact) mass is 253 g/mol. The quantitative estimate of drug-likeness (QED) is 0.289. The molecule has 0 aliphatic rings. The summed E-state index contributed by atoms with van der Waals surface area (Å²) in [6.07, 6.45) is 1.11. The van der Waals surface area contributed by atoms with Crippen molar-refractivity contribution in [2.75, 3.05) is 23.5 Å². The van der Waals surface area contributed by atoms with Crippen LogP contribution in [0.2, 0.25) is 0 Å². The molecule has 4 N–H and O–H groups in total. The molecule has 0 bridgehead atoms. The molecule has 0 aromatic heterocycles. The van der Waals surface area contributed by atoms with Gasteiger partial charge in [0.2, 0.25) is 0 Å². The van der Waals surface area contributed by atoms with Crippen LogP contribution >= 0.6 is 11.8 Å². The highest BCUT2D eigenvalue weighted by molar-refractivity contribution is 7.99. The Hall–Kier alpha value is -0.710. The molecule has 0 aliphatic carbocycles. The maximum atomic E-state index is 5.21. The molecule has 1 aromatic carbocycles. The lowest BCUT2D eigenvalue weighted by atomic mass is 10.0. The lowest BCUT2D eigenvalue weighted by Crippen LogP contribution is -2.23. The van der Waals surface area contributed by atoms with E-state index >= 15 is 0 Å². The summed E-state index contributed by atoms with van der Waals surface area (Å²) in [5.41, 5.74) is 5.31. The number of thioether (sulfide) groups is 1. The van der Waals surface area contributed by atoms with E-state index in [0.29, 0.717) is 5.92 Å². The van der Waals surface area contributed by atoms with Crippen LogP contribution in [0.1, 0.15) is 31.7 Å². The van der Waals surface area contributed by atoms with E-state index in [-0.39, 0.29) is 0 Å². The maximum absolute atomic E-state index is 5.21. The number of hydrazine groups is 1. The Morgan fingerprint density at radius 2 is 2.06 bits per heavy atom. The van der Waals surface area contributed by atoms with Gasteiger partial charge < -0.3 is 5.32 Å². The number of para-hydroxylation sites is 1. The molecule has 0 unspecified atom stereocenters. The molecule has 1 rings (SSSR count). The Morgan fingerprint density at radius 3 is 2.76 bits per heavy atom. The first kappa shape index (κ1) is 14.4. The Bertz CT molecular complexity index is 315. The van der Waals surface area contributed by atoms with Gasteiger partial charge in [0.25, 0.3) is 0 Å². The molecule has 0 saturated heterocycles. The standard InChI is InChI=1S/C13H23N3S/c1-11(2)12-6-3-4-7-13(12)15-10-17-9-5-8-16-14/h3-4,6-7,11,15-16H,5,8-10,14H2,1-2H3. The molecule has 0 saturated carbocycles. The lowest BCUT2D eigenvalue weighted by Gasteiger charge is -2.14. The molecular weight excluding hydrogens is 230 g/mol. The van der Waals surface area contributed by atoms with E-state index in [4.69, 9.17) is 5.84 Å². The number of benzene rings is 1. The number of hydrogen-bond acceptors (Lipinski definition) is 4. The van der Waals surface area contributed by atoms with Gasteiger partial charge in [-0.1, -0.05) is 32.0 Å². The molecule has 0 fully saturated rings. The SMILES string of the molecule is CC(C)c1ccccc1NCSCCCNN. The summed E-state index contributed by atoms with van der Waals surface area (Å²) in [5, 5.41) is 3.48. The molecule has 0 aliphatic heterocycles. The third-order valence-electron chi connectivity index (χ3n) is 2.56. The summed E-state index contributed by atoms with van der Waals surface area (Å²) < 4.78 is 0. The van der Waals surface area contributed by atoms with Crippen molar-refractivity contribution in [2.45, 2.75) is 26.2 Å². The van der Waals surface area contributed by atoms with Gasteiger partial charge in [0, 0.05) is 12.2 Å². The van der Waals surface area contributed by atoms with Crippen molar-refractivity contribution in [3.05, 3.63) is 29.8 Å². The second-order valence-corrected chi connectivity index (χ2v) is 5.38. The van der Waals surface area contributed by atoms with Gasteiger partial charge in [0.15, 0.2) is 0 Å². The summed E-state index contributed by atoms with van der Waals surface area (Å²) in [4.78, 5) is 0. The fourth-order valence-corrected chi connectivity index (χ4v) is 2.39. The maximum Gasteiger partial charge on any atom is 0.0611 e. The molecule has 0 amide bonds. The van der Waals surface area contributed by atoms with Crippen molar-refractivity contribution >= 4 is 17.4 Å². The molecule has 3 nitrogen and oxygen atoms in total. The van der Waals surface area contributed by atoms with Crippen LogP contribution in [0.25, 0.3) is 0 Å². The highest BCUT2D eigenvalue weighted by atomic mass is 32.2. The second kappa shape index (κ2) is 8.39. The Morgan fingerprint density at radius 1 is 1.29 bits per heavy atom. The minimum atomic E-state index is 0.560. The summed E-state index contributed by atoms with van der Waals surface area (Å²) in [5.74, 6) is 7.85. The van der Waals surface area contributed by atoms with Gasteiger partial charge >= 0.3 is 0 Å². The average molecular weight is 253 g/mol. The van der Waals surface area contributed by atoms with Crippen molar-refractivity contribution in [3.63, 3.8) is 0 Å². The highest BCUT2D eigenvalue weighted by Gasteiger charge is 2.04. The molecule has 0 heterocycles. The van der Waals surface area contributed by atoms with Crippen molar-refractivity contribution in [3.8, 4) is 0 Å². The van der Waals surface area contributed by atoms with E-state index in [2.05, 4.69) is 48.9 Å². The summed E-state index contributed by atoms with van der Waals surface area (Å²) in [7, 11) is 0. The van der Waals surface area contributed by atoms with Gasteiger partial charge in [0.05, 0.1) is 5.88 Å². The number of rotatable bonds is 8. The fourth-order valence-electron chi connectivity index (χ4n) is 1.64. The van der Waals surface area contributed by atoms with Gasteiger partial charge in [0.1, 0.15) is 0 Å². The van der Waals surface area contributed by atoms with Gasteiger partial charge in [-0.25, -0.2) is 0 Å². The molecular formula is C13H23N3S. The lowest BCUT2D eigenvalue weighted by molar-refractivity contribution is 0.718. The van der Waals surface area contributed by atoms with Crippen molar-refractivity contribution in [1.82, 2.24) is 5.43 Å². The van der Waals surface area contributed by atoms with Gasteiger partial charge in [-0.15, -0.1) is 11.8 Å². The minimum Gasteiger partial charge on any atom is -0.376 e. The molecule has 17 heavy (non-hydrogen) atoms. The van der Waals surface area contributed by atoms with Crippen LogP contribution in [0.15, 0.2) is 24.3 Å². The minimum absolute atomic E-state index is 0.560. The smallest absolute Gasteiger partial charge is 0.0611 e. The van der Waals surface area contributed by atoms with Crippen LogP contribution in [0.4, 0.5) is 5.69 Å². The second-order valence-electron chi connectivity index (χ2n) is 4.28. The predicted octanol–water partition coefficient (Wildman–Crippen LogP) is 2.77. The first-order valence-electron chi connectivity index (χ1n) is 6.09. The molecule has 4 heteroatoms. The van der Waals surface area contributed by atoms with E-state index in [9.17, 15) is 0 Å².